The van der Waals surface area contributed by atoms with Gasteiger partial charge in [0.2, 0.25) is 0 Å². The molecule has 2 aromatic carbocycles. The summed E-state index contributed by atoms with van der Waals surface area (Å²) in [6.07, 6.45) is 4.72. The van der Waals surface area contributed by atoms with Crippen LogP contribution in [-0.4, -0.2) is 70.2 Å². The van der Waals surface area contributed by atoms with Gasteiger partial charge in [-0.3, -0.25) is 4.98 Å². The van der Waals surface area contributed by atoms with E-state index < -0.39 is 5.82 Å². The number of ether oxygens (including phenoxy) is 1. The maximum absolute atomic E-state index is 14.5. The third-order valence-corrected chi connectivity index (χ3v) is 6.26. The van der Waals surface area contributed by atoms with Crippen LogP contribution in [0, 0.1) is 5.82 Å². The predicted octanol–water partition coefficient (Wildman–Crippen LogP) is 3.85. The molecule has 37 heavy (non-hydrogen) atoms. The van der Waals surface area contributed by atoms with Crippen LogP contribution >= 0.6 is 0 Å². The van der Waals surface area contributed by atoms with Crippen LogP contribution in [0.3, 0.4) is 0 Å². The molecule has 0 aliphatic carbocycles. The summed E-state index contributed by atoms with van der Waals surface area (Å²) in [7, 11) is 3.84. The Balaban J connectivity index is 1.33. The first-order valence-electron chi connectivity index (χ1n) is 11.9. The van der Waals surface area contributed by atoms with Crippen molar-refractivity contribution in [1.29, 1.82) is 0 Å². The second-order valence-corrected chi connectivity index (χ2v) is 9.07. The van der Waals surface area contributed by atoms with Gasteiger partial charge in [-0.25, -0.2) is 14.1 Å². The maximum Gasteiger partial charge on any atom is 0.252 e. The molecule has 11 heteroatoms. The molecule has 4 heterocycles. The molecule has 3 aromatic heterocycles. The lowest BCUT2D eigenvalue weighted by Crippen LogP contribution is -2.37. The zero-order chi connectivity index (χ0) is 25.5. The van der Waals surface area contributed by atoms with Gasteiger partial charge < -0.3 is 25.0 Å². The normalized spacial score (nSPS) is 13.9. The van der Waals surface area contributed by atoms with Crippen molar-refractivity contribution < 1.29 is 14.2 Å². The van der Waals surface area contributed by atoms with Crippen molar-refractivity contribution >= 4 is 44.7 Å². The summed E-state index contributed by atoms with van der Waals surface area (Å²) in [5, 5.41) is 19.8. The number of fused-ring (bicyclic) bond motifs is 3. The third kappa shape index (κ3) is 4.45. The highest BCUT2D eigenvalue weighted by Crippen LogP contribution is 2.30. The zero-order valence-electron chi connectivity index (χ0n) is 20.4. The molecule has 188 valence electrons. The fourth-order valence-corrected chi connectivity index (χ4v) is 4.40. The number of pyridine rings is 1. The smallest absolute Gasteiger partial charge is 0.252 e. The molecule has 2 N–H and O–H groups in total. The van der Waals surface area contributed by atoms with Crippen molar-refractivity contribution in [2.45, 2.75) is 0 Å². The number of aromatic nitrogens is 5. The fourth-order valence-electron chi connectivity index (χ4n) is 4.40. The summed E-state index contributed by atoms with van der Waals surface area (Å²) in [6, 6.07) is 11.2. The molecule has 1 aliphatic rings. The molecule has 0 unspecified atom stereocenters. The number of hydrogen-bond donors (Lipinski definition) is 2. The number of phenols is 1. The van der Waals surface area contributed by atoms with Crippen LogP contribution in [-0.2, 0) is 4.74 Å². The molecule has 0 bridgehead atoms. The minimum absolute atomic E-state index is 0.175. The molecule has 0 saturated carbocycles. The molecule has 6 rings (SSSR count). The standard InChI is InChI=1S/C26H25FN8O2/c1-33(2)20-10-18(11-21(36)12-20)30-19-9-16-3-4-17-15-35(32-24(17)23(16)28-13-19)26-29-14-22(27)25(31-26)34-5-7-37-8-6-34/h3-4,9-15,30,36H,5-8H2,1-2H3. The lowest BCUT2D eigenvalue weighted by Gasteiger charge is -2.27. The Morgan fingerprint density at radius 1 is 0.973 bits per heavy atom. The van der Waals surface area contributed by atoms with Gasteiger partial charge in [-0.05, 0) is 12.1 Å². The van der Waals surface area contributed by atoms with Crippen LogP contribution in [0.4, 0.5) is 27.3 Å². The average molecular weight is 501 g/mol. The zero-order valence-corrected chi connectivity index (χ0v) is 20.4. The van der Waals surface area contributed by atoms with Gasteiger partial charge in [0.1, 0.15) is 11.3 Å². The number of rotatable bonds is 5. The first-order chi connectivity index (χ1) is 17.9. The number of phenolic OH excluding ortho intramolecular Hbond substituents is 1. The van der Waals surface area contributed by atoms with Gasteiger partial charge >= 0.3 is 0 Å². The predicted molar refractivity (Wildman–Crippen MR) is 141 cm³/mol. The summed E-state index contributed by atoms with van der Waals surface area (Å²) >= 11 is 0. The molecular formula is C26H25FN8O2. The summed E-state index contributed by atoms with van der Waals surface area (Å²) in [4.78, 5) is 17.1. The van der Waals surface area contributed by atoms with Crippen molar-refractivity contribution in [2.75, 3.05) is 55.5 Å². The number of anilines is 4. The number of aromatic hydroxyl groups is 1. The van der Waals surface area contributed by atoms with Crippen LogP contribution in [0.2, 0.25) is 0 Å². The summed E-state index contributed by atoms with van der Waals surface area (Å²) in [6.45, 7) is 2.19. The number of nitrogens with zero attached hydrogens (tertiary/aromatic N) is 7. The number of benzene rings is 2. The van der Waals surface area contributed by atoms with E-state index in [0.29, 0.717) is 31.8 Å². The van der Waals surface area contributed by atoms with Gasteiger partial charge in [0, 0.05) is 67.7 Å². The van der Waals surface area contributed by atoms with Crippen molar-refractivity contribution in [3.8, 4) is 11.7 Å². The van der Waals surface area contributed by atoms with Gasteiger partial charge in [-0.2, -0.15) is 10.1 Å². The maximum atomic E-state index is 14.5. The first kappa shape index (κ1) is 22.9. The van der Waals surface area contributed by atoms with E-state index in [-0.39, 0.29) is 17.5 Å². The highest BCUT2D eigenvalue weighted by molar-refractivity contribution is 6.03. The highest BCUT2D eigenvalue weighted by atomic mass is 19.1. The molecule has 1 fully saturated rings. The first-order valence-corrected chi connectivity index (χ1v) is 11.9. The van der Waals surface area contributed by atoms with E-state index in [0.717, 1.165) is 33.4 Å². The number of morpholine rings is 1. The second kappa shape index (κ2) is 9.17. The van der Waals surface area contributed by atoms with E-state index in [1.807, 2.05) is 54.4 Å². The highest BCUT2D eigenvalue weighted by Gasteiger charge is 2.19. The summed E-state index contributed by atoms with van der Waals surface area (Å²) in [5.74, 6) is 0.232. The van der Waals surface area contributed by atoms with Gasteiger partial charge in [-0.15, -0.1) is 0 Å². The molecule has 1 aliphatic heterocycles. The quantitative estimate of drug-likeness (QED) is 0.372. The minimum atomic E-state index is -0.473. The topological polar surface area (TPSA) is 104 Å². The van der Waals surface area contributed by atoms with Gasteiger partial charge in [0.25, 0.3) is 5.95 Å². The number of nitrogens with one attached hydrogen (secondary N) is 1. The van der Waals surface area contributed by atoms with Crippen molar-refractivity contribution in [3.05, 3.63) is 60.8 Å². The van der Waals surface area contributed by atoms with E-state index >= 15 is 0 Å². The Hall–Kier alpha value is -4.51. The van der Waals surface area contributed by atoms with Crippen molar-refractivity contribution in [3.63, 3.8) is 0 Å². The summed E-state index contributed by atoms with van der Waals surface area (Å²) < 4.78 is 21.4. The van der Waals surface area contributed by atoms with Crippen LogP contribution in [0.1, 0.15) is 0 Å². The molecule has 0 atom stereocenters. The summed E-state index contributed by atoms with van der Waals surface area (Å²) in [5.41, 5.74) is 3.82. The van der Waals surface area contributed by atoms with E-state index in [1.54, 1.807) is 23.0 Å². The monoisotopic (exact) mass is 500 g/mol. The SMILES string of the molecule is CN(C)c1cc(O)cc(Nc2cnc3c(ccc4cn(-c5ncc(F)c(N6CCOCC6)n5)nc43)c2)c1. The van der Waals surface area contributed by atoms with Crippen molar-refractivity contribution in [2.24, 2.45) is 0 Å². The molecule has 0 radical (unpaired) electrons. The molecule has 0 spiro atoms. The lowest BCUT2D eigenvalue weighted by molar-refractivity contribution is 0.122. The molecular weight excluding hydrogens is 475 g/mol. The third-order valence-electron chi connectivity index (χ3n) is 6.26. The van der Waals surface area contributed by atoms with Crippen LogP contribution in [0.5, 0.6) is 5.75 Å². The lowest BCUT2D eigenvalue weighted by atomic mass is 10.1. The molecule has 0 amide bonds. The number of halogens is 1. The minimum Gasteiger partial charge on any atom is -0.508 e. The Morgan fingerprint density at radius 2 is 1.78 bits per heavy atom. The molecule has 1 saturated heterocycles. The van der Waals surface area contributed by atoms with Crippen molar-refractivity contribution in [1.82, 2.24) is 24.7 Å². The van der Waals surface area contributed by atoms with Crippen LogP contribution in [0.25, 0.3) is 27.8 Å². The van der Waals surface area contributed by atoms with E-state index in [9.17, 15) is 9.50 Å². The van der Waals surface area contributed by atoms with E-state index in [2.05, 4.69) is 25.4 Å². The second-order valence-electron chi connectivity index (χ2n) is 9.07. The number of hydrogen-bond acceptors (Lipinski definition) is 9. The Kier molecular flexibility index (Phi) is 5.68. The van der Waals surface area contributed by atoms with E-state index in [4.69, 9.17) is 4.74 Å². The van der Waals surface area contributed by atoms with Crippen LogP contribution in [0.15, 0.2) is 55.0 Å². The molecule has 5 aromatic rings. The van der Waals surface area contributed by atoms with Gasteiger partial charge in [-0.1, -0.05) is 12.1 Å². The molecule has 10 nitrogen and oxygen atoms in total. The van der Waals surface area contributed by atoms with Crippen LogP contribution < -0.4 is 15.1 Å². The Bertz CT molecular complexity index is 1610. The largest absolute Gasteiger partial charge is 0.508 e. The fraction of sp³-hybridized carbons (Fsp3) is 0.231. The van der Waals surface area contributed by atoms with E-state index in [1.165, 1.54) is 6.20 Å². The van der Waals surface area contributed by atoms with Gasteiger partial charge in [0.15, 0.2) is 11.6 Å². The Morgan fingerprint density at radius 3 is 2.59 bits per heavy atom. The Labute approximate surface area is 212 Å². The van der Waals surface area contributed by atoms with Gasteiger partial charge in [0.05, 0.1) is 36.8 Å². The average Bonchev–Trinajstić information content (AvgIpc) is 3.34.